The molecule has 0 aromatic heterocycles. The number of benzene rings is 1. The van der Waals surface area contributed by atoms with Crippen LogP contribution < -0.4 is 11.1 Å². The highest BCUT2D eigenvalue weighted by molar-refractivity contribution is 5.92. The molecule has 1 aromatic carbocycles. The molecule has 5 nitrogen and oxygen atoms in total. The zero-order chi connectivity index (χ0) is 15.9. The summed E-state index contributed by atoms with van der Waals surface area (Å²) >= 11 is 0. The fourth-order valence-corrected chi connectivity index (χ4v) is 1.85. The third kappa shape index (κ3) is 5.63. The highest BCUT2D eigenvalue weighted by Gasteiger charge is 2.18. The van der Waals surface area contributed by atoms with Crippen molar-refractivity contribution in [2.45, 2.75) is 27.2 Å². The molecule has 0 saturated carbocycles. The van der Waals surface area contributed by atoms with Crippen LogP contribution in [0.1, 0.15) is 37.6 Å². The molecule has 0 heterocycles. The maximum atomic E-state index is 11.7. The molecular weight excluding hydrogens is 268 g/mol. The van der Waals surface area contributed by atoms with Gasteiger partial charge in [0, 0.05) is 20.3 Å². The van der Waals surface area contributed by atoms with Crippen LogP contribution in [0.4, 0.5) is 11.4 Å². The van der Waals surface area contributed by atoms with Gasteiger partial charge in [0.15, 0.2) is 0 Å². The summed E-state index contributed by atoms with van der Waals surface area (Å²) in [6.45, 7) is 7.91. The molecule has 0 aliphatic carbocycles. The molecule has 118 valence electrons. The van der Waals surface area contributed by atoms with Crippen LogP contribution in [0.5, 0.6) is 0 Å². The van der Waals surface area contributed by atoms with E-state index in [9.17, 15) is 4.79 Å². The van der Waals surface area contributed by atoms with Gasteiger partial charge >= 0.3 is 5.97 Å². The summed E-state index contributed by atoms with van der Waals surface area (Å²) in [5.41, 5.74) is 7.90. The Balaban J connectivity index is 2.74. The third-order valence-electron chi connectivity index (χ3n) is 3.30. The van der Waals surface area contributed by atoms with Crippen molar-refractivity contribution in [2.75, 3.05) is 37.9 Å². The lowest BCUT2D eigenvalue weighted by Crippen LogP contribution is -2.25. The third-order valence-corrected chi connectivity index (χ3v) is 3.30. The second-order valence-corrected chi connectivity index (χ2v) is 5.78. The fourth-order valence-electron chi connectivity index (χ4n) is 1.85. The summed E-state index contributed by atoms with van der Waals surface area (Å²) in [5.74, 6) is -0.334. The van der Waals surface area contributed by atoms with Crippen LogP contribution in [0.25, 0.3) is 0 Å². The summed E-state index contributed by atoms with van der Waals surface area (Å²) in [6.07, 6.45) is 0.938. The zero-order valence-electron chi connectivity index (χ0n) is 13.4. The van der Waals surface area contributed by atoms with E-state index < -0.39 is 0 Å². The molecule has 0 unspecified atom stereocenters. The van der Waals surface area contributed by atoms with Gasteiger partial charge in [0.05, 0.1) is 23.5 Å². The van der Waals surface area contributed by atoms with E-state index in [1.54, 1.807) is 32.2 Å². The van der Waals surface area contributed by atoms with Gasteiger partial charge in [-0.05, 0) is 37.0 Å². The van der Waals surface area contributed by atoms with E-state index in [4.69, 9.17) is 15.2 Å². The Morgan fingerprint density at radius 2 is 2.10 bits per heavy atom. The number of hydrogen-bond acceptors (Lipinski definition) is 5. The topological polar surface area (TPSA) is 73.6 Å². The number of esters is 1. The standard InChI is InChI=1S/C16H26N2O3/c1-5-21-15(19)12-6-7-13(17)14(10-12)18-11-16(2,3)8-9-20-4/h6-7,10,18H,5,8-9,11,17H2,1-4H3. The Hall–Kier alpha value is -1.75. The molecule has 0 bridgehead atoms. The molecule has 1 aromatic rings. The number of methoxy groups -OCH3 is 1. The SMILES string of the molecule is CCOC(=O)c1ccc(N)c(NCC(C)(C)CCOC)c1. The Bertz CT molecular complexity index is 473. The molecule has 0 aliphatic rings. The average molecular weight is 294 g/mol. The maximum Gasteiger partial charge on any atom is 0.338 e. The van der Waals surface area contributed by atoms with Crippen molar-refractivity contribution in [2.24, 2.45) is 5.41 Å². The van der Waals surface area contributed by atoms with Gasteiger partial charge in [-0.15, -0.1) is 0 Å². The van der Waals surface area contributed by atoms with Crippen LogP contribution in [0.15, 0.2) is 18.2 Å². The van der Waals surface area contributed by atoms with Crippen LogP contribution in [0, 0.1) is 5.41 Å². The smallest absolute Gasteiger partial charge is 0.338 e. The average Bonchev–Trinajstić information content (AvgIpc) is 2.44. The monoisotopic (exact) mass is 294 g/mol. The van der Waals surface area contributed by atoms with E-state index in [-0.39, 0.29) is 11.4 Å². The Kier molecular flexibility index (Phi) is 6.49. The van der Waals surface area contributed by atoms with Crippen molar-refractivity contribution in [1.29, 1.82) is 0 Å². The van der Waals surface area contributed by atoms with Crippen LogP contribution in [-0.4, -0.2) is 32.8 Å². The first kappa shape index (κ1) is 17.3. The number of anilines is 2. The van der Waals surface area contributed by atoms with E-state index in [0.717, 1.165) is 18.7 Å². The number of nitrogens with one attached hydrogen (secondary N) is 1. The first-order valence-corrected chi connectivity index (χ1v) is 7.19. The first-order chi connectivity index (χ1) is 9.89. The predicted octanol–water partition coefficient (Wildman–Crippen LogP) is 2.92. The van der Waals surface area contributed by atoms with E-state index in [0.29, 0.717) is 24.5 Å². The number of hydrogen-bond donors (Lipinski definition) is 2. The molecule has 0 fully saturated rings. The molecule has 21 heavy (non-hydrogen) atoms. The maximum absolute atomic E-state index is 11.7. The number of nitrogens with two attached hydrogens (primary N) is 1. The van der Waals surface area contributed by atoms with Gasteiger partial charge in [-0.3, -0.25) is 0 Å². The van der Waals surface area contributed by atoms with E-state index in [2.05, 4.69) is 19.2 Å². The van der Waals surface area contributed by atoms with E-state index >= 15 is 0 Å². The minimum Gasteiger partial charge on any atom is -0.462 e. The van der Waals surface area contributed by atoms with Gasteiger partial charge in [0.2, 0.25) is 0 Å². The second-order valence-electron chi connectivity index (χ2n) is 5.78. The molecular formula is C16H26N2O3. The Labute approximate surface area is 126 Å². The van der Waals surface area contributed by atoms with Crippen LogP contribution in [-0.2, 0) is 9.47 Å². The minimum atomic E-state index is -0.334. The first-order valence-electron chi connectivity index (χ1n) is 7.19. The molecule has 0 spiro atoms. The summed E-state index contributed by atoms with van der Waals surface area (Å²) in [7, 11) is 1.70. The van der Waals surface area contributed by atoms with Crippen LogP contribution in [0.3, 0.4) is 0 Å². The van der Waals surface area contributed by atoms with Gasteiger partial charge in [-0.25, -0.2) is 4.79 Å². The second kappa shape index (κ2) is 7.88. The lowest BCUT2D eigenvalue weighted by atomic mass is 9.89. The molecule has 0 amide bonds. The number of rotatable bonds is 8. The quantitative estimate of drug-likeness (QED) is 0.569. The van der Waals surface area contributed by atoms with Crippen molar-refractivity contribution in [1.82, 2.24) is 0 Å². The largest absolute Gasteiger partial charge is 0.462 e. The molecule has 1 rings (SSSR count). The van der Waals surface area contributed by atoms with Gasteiger partial charge < -0.3 is 20.5 Å². The van der Waals surface area contributed by atoms with E-state index in [1.165, 1.54) is 0 Å². The van der Waals surface area contributed by atoms with Crippen molar-refractivity contribution in [3.63, 3.8) is 0 Å². The number of nitrogen functional groups attached to an aromatic ring is 1. The van der Waals surface area contributed by atoms with Crippen molar-refractivity contribution in [3.05, 3.63) is 23.8 Å². The predicted molar refractivity (Wildman–Crippen MR) is 85.6 cm³/mol. The Morgan fingerprint density at radius 3 is 2.71 bits per heavy atom. The van der Waals surface area contributed by atoms with Crippen LogP contribution in [0.2, 0.25) is 0 Å². The molecule has 0 aliphatic heterocycles. The number of ether oxygens (including phenoxy) is 2. The summed E-state index contributed by atoms with van der Waals surface area (Å²) in [4.78, 5) is 11.7. The van der Waals surface area contributed by atoms with Crippen LogP contribution >= 0.6 is 0 Å². The summed E-state index contributed by atoms with van der Waals surface area (Å²) in [5, 5.41) is 3.31. The normalized spacial score (nSPS) is 11.2. The molecule has 0 atom stereocenters. The zero-order valence-corrected chi connectivity index (χ0v) is 13.4. The highest BCUT2D eigenvalue weighted by atomic mass is 16.5. The van der Waals surface area contributed by atoms with Gasteiger partial charge in [0.1, 0.15) is 0 Å². The minimum absolute atomic E-state index is 0.0718. The van der Waals surface area contributed by atoms with Gasteiger partial charge in [0.25, 0.3) is 0 Å². The van der Waals surface area contributed by atoms with Crippen molar-refractivity contribution < 1.29 is 14.3 Å². The molecule has 0 radical (unpaired) electrons. The molecule has 3 N–H and O–H groups in total. The fraction of sp³-hybridized carbons (Fsp3) is 0.562. The lowest BCUT2D eigenvalue weighted by Gasteiger charge is -2.25. The van der Waals surface area contributed by atoms with Crippen molar-refractivity contribution in [3.8, 4) is 0 Å². The van der Waals surface area contributed by atoms with Gasteiger partial charge in [-0.1, -0.05) is 13.8 Å². The highest BCUT2D eigenvalue weighted by Crippen LogP contribution is 2.25. The summed E-state index contributed by atoms with van der Waals surface area (Å²) < 4.78 is 10.1. The number of carbonyl (C=O) groups is 1. The van der Waals surface area contributed by atoms with Crippen molar-refractivity contribution >= 4 is 17.3 Å². The number of carbonyl (C=O) groups excluding carboxylic acids is 1. The molecule has 0 saturated heterocycles. The Morgan fingerprint density at radius 1 is 1.38 bits per heavy atom. The molecule has 5 heteroatoms. The van der Waals surface area contributed by atoms with Gasteiger partial charge in [-0.2, -0.15) is 0 Å². The van der Waals surface area contributed by atoms with E-state index in [1.807, 2.05) is 0 Å². The lowest BCUT2D eigenvalue weighted by molar-refractivity contribution is 0.0526. The summed E-state index contributed by atoms with van der Waals surface area (Å²) in [6, 6.07) is 5.13.